The van der Waals surface area contributed by atoms with E-state index in [-0.39, 0.29) is 30.2 Å². The first-order valence-electron chi connectivity index (χ1n) is 7.23. The molecule has 0 aromatic carbocycles. The van der Waals surface area contributed by atoms with Crippen molar-refractivity contribution in [2.75, 3.05) is 18.6 Å². The average Bonchev–Trinajstić information content (AvgIpc) is 2.94. The Balaban J connectivity index is 1.78. The standard InChI is InChI=1S/C13H22N2O5S/c1-21(19,20)6-2-5-14-13(18)15-11-9-4-3-8(7-9)10(11)12(16)17/h8-11H,2-7H2,1H3,(H,16,17)(H2,14,15,18). The summed E-state index contributed by atoms with van der Waals surface area (Å²) in [5.41, 5.74) is 0. The zero-order chi connectivity index (χ0) is 15.6. The Morgan fingerprint density at radius 2 is 1.90 bits per heavy atom. The first-order chi connectivity index (χ1) is 9.78. The molecular weight excluding hydrogens is 296 g/mol. The summed E-state index contributed by atoms with van der Waals surface area (Å²) in [4.78, 5) is 23.1. The van der Waals surface area contributed by atoms with Crippen LogP contribution in [0.4, 0.5) is 4.79 Å². The predicted molar refractivity (Wildman–Crippen MR) is 76.6 cm³/mol. The highest BCUT2D eigenvalue weighted by atomic mass is 32.2. The molecule has 8 heteroatoms. The molecule has 2 amide bonds. The lowest BCUT2D eigenvalue weighted by molar-refractivity contribution is -0.144. The molecule has 2 rings (SSSR count). The number of nitrogens with one attached hydrogen (secondary N) is 2. The van der Waals surface area contributed by atoms with Crippen molar-refractivity contribution in [3.8, 4) is 0 Å². The maximum absolute atomic E-state index is 11.8. The van der Waals surface area contributed by atoms with Crippen LogP contribution in [0.15, 0.2) is 0 Å². The van der Waals surface area contributed by atoms with Crippen LogP contribution in [0.5, 0.6) is 0 Å². The monoisotopic (exact) mass is 318 g/mol. The molecule has 120 valence electrons. The first-order valence-corrected chi connectivity index (χ1v) is 9.29. The average molecular weight is 318 g/mol. The number of aliphatic carboxylic acids is 1. The number of rotatable bonds is 6. The van der Waals surface area contributed by atoms with Gasteiger partial charge in [0.2, 0.25) is 0 Å². The molecule has 4 atom stereocenters. The second-order valence-electron chi connectivity index (χ2n) is 6.11. The molecule has 0 aromatic rings. The topological polar surface area (TPSA) is 113 Å². The van der Waals surface area contributed by atoms with Gasteiger partial charge < -0.3 is 15.7 Å². The van der Waals surface area contributed by atoms with E-state index in [1.54, 1.807) is 0 Å². The van der Waals surface area contributed by atoms with Gasteiger partial charge >= 0.3 is 12.0 Å². The quantitative estimate of drug-likeness (QED) is 0.606. The summed E-state index contributed by atoms with van der Waals surface area (Å²) in [6.45, 7) is 0.261. The molecule has 7 nitrogen and oxygen atoms in total. The van der Waals surface area contributed by atoms with Gasteiger partial charge in [-0.3, -0.25) is 4.79 Å². The molecule has 21 heavy (non-hydrogen) atoms. The molecule has 2 aliphatic carbocycles. The van der Waals surface area contributed by atoms with E-state index in [0.29, 0.717) is 6.42 Å². The fraction of sp³-hybridized carbons (Fsp3) is 0.846. The number of carbonyl (C=O) groups excluding carboxylic acids is 1. The SMILES string of the molecule is CS(=O)(=O)CCCNC(=O)NC1C2CCC(C2)C1C(=O)O. The molecule has 4 unspecified atom stereocenters. The van der Waals surface area contributed by atoms with E-state index in [2.05, 4.69) is 10.6 Å². The number of carbonyl (C=O) groups is 2. The summed E-state index contributed by atoms with van der Waals surface area (Å²) in [5.74, 6) is -0.893. The van der Waals surface area contributed by atoms with Crippen LogP contribution >= 0.6 is 0 Å². The fourth-order valence-corrected chi connectivity index (χ4v) is 4.26. The molecule has 0 radical (unpaired) electrons. The summed E-state index contributed by atoms with van der Waals surface area (Å²) in [7, 11) is -3.02. The van der Waals surface area contributed by atoms with Crippen molar-refractivity contribution in [3.63, 3.8) is 0 Å². The maximum atomic E-state index is 11.8. The Bertz CT molecular complexity index is 519. The van der Waals surface area contributed by atoms with Crippen LogP contribution in [0, 0.1) is 17.8 Å². The molecule has 3 N–H and O–H groups in total. The summed E-state index contributed by atoms with van der Waals surface area (Å²) in [6, 6.07) is -0.719. The third-order valence-electron chi connectivity index (χ3n) is 4.48. The highest BCUT2D eigenvalue weighted by Crippen LogP contribution is 2.48. The van der Waals surface area contributed by atoms with E-state index in [1.807, 2.05) is 0 Å². The van der Waals surface area contributed by atoms with Gasteiger partial charge in [0.1, 0.15) is 9.84 Å². The predicted octanol–water partition coefficient (Wildman–Crippen LogP) is 0.220. The van der Waals surface area contributed by atoms with Gasteiger partial charge in [0.25, 0.3) is 0 Å². The van der Waals surface area contributed by atoms with Gasteiger partial charge in [-0.1, -0.05) is 0 Å². The lowest BCUT2D eigenvalue weighted by Gasteiger charge is -2.28. The molecule has 0 aliphatic heterocycles. The van der Waals surface area contributed by atoms with Crippen molar-refractivity contribution in [2.24, 2.45) is 17.8 Å². The third kappa shape index (κ3) is 4.09. The van der Waals surface area contributed by atoms with Gasteiger partial charge in [0.15, 0.2) is 0 Å². The van der Waals surface area contributed by atoms with Crippen molar-refractivity contribution in [3.05, 3.63) is 0 Å². The molecular formula is C13H22N2O5S. The van der Waals surface area contributed by atoms with Crippen LogP contribution in [0.25, 0.3) is 0 Å². The number of amides is 2. The van der Waals surface area contributed by atoms with Crippen LogP contribution in [0.3, 0.4) is 0 Å². The van der Waals surface area contributed by atoms with Crippen molar-refractivity contribution >= 4 is 21.8 Å². The number of sulfone groups is 1. The van der Waals surface area contributed by atoms with Gasteiger partial charge in [-0.05, 0) is 37.5 Å². The Morgan fingerprint density at radius 3 is 2.52 bits per heavy atom. The van der Waals surface area contributed by atoms with E-state index in [9.17, 15) is 23.1 Å². The van der Waals surface area contributed by atoms with Crippen LogP contribution in [0.1, 0.15) is 25.7 Å². The maximum Gasteiger partial charge on any atom is 0.315 e. The van der Waals surface area contributed by atoms with E-state index in [0.717, 1.165) is 25.5 Å². The minimum atomic E-state index is -3.02. The highest BCUT2D eigenvalue weighted by molar-refractivity contribution is 7.90. The number of hydrogen-bond donors (Lipinski definition) is 3. The van der Waals surface area contributed by atoms with Gasteiger partial charge in [-0.15, -0.1) is 0 Å². The minimum absolute atomic E-state index is 0.0269. The Kier molecular flexibility index (Phi) is 4.75. The molecule has 2 aliphatic rings. The minimum Gasteiger partial charge on any atom is -0.481 e. The lowest BCUT2D eigenvalue weighted by Crippen LogP contribution is -2.50. The summed E-state index contributed by atoms with van der Waals surface area (Å²) >= 11 is 0. The largest absolute Gasteiger partial charge is 0.481 e. The summed E-state index contributed by atoms with van der Waals surface area (Å²) in [5, 5.41) is 14.6. The molecule has 2 fully saturated rings. The summed E-state index contributed by atoms with van der Waals surface area (Å²) in [6.07, 6.45) is 4.27. The van der Waals surface area contributed by atoms with Gasteiger partial charge in [0, 0.05) is 18.8 Å². The Labute approximate surface area is 124 Å². The fourth-order valence-electron chi connectivity index (χ4n) is 3.59. The molecule has 0 saturated heterocycles. The van der Waals surface area contributed by atoms with Gasteiger partial charge in [-0.25, -0.2) is 13.2 Å². The van der Waals surface area contributed by atoms with Crippen LogP contribution in [-0.2, 0) is 14.6 Å². The van der Waals surface area contributed by atoms with Crippen molar-refractivity contribution in [1.29, 1.82) is 0 Å². The summed E-state index contributed by atoms with van der Waals surface area (Å²) < 4.78 is 21.9. The van der Waals surface area contributed by atoms with Crippen molar-refractivity contribution in [1.82, 2.24) is 10.6 Å². The third-order valence-corrected chi connectivity index (χ3v) is 5.51. The number of carboxylic acids is 1. The Morgan fingerprint density at radius 1 is 1.24 bits per heavy atom. The molecule has 0 spiro atoms. The number of hydrogen-bond acceptors (Lipinski definition) is 4. The van der Waals surface area contributed by atoms with Crippen molar-refractivity contribution < 1.29 is 23.1 Å². The van der Waals surface area contributed by atoms with Crippen molar-refractivity contribution in [2.45, 2.75) is 31.7 Å². The zero-order valence-corrected chi connectivity index (χ0v) is 12.9. The second kappa shape index (κ2) is 6.21. The highest BCUT2D eigenvalue weighted by Gasteiger charge is 2.51. The van der Waals surface area contributed by atoms with E-state index in [1.165, 1.54) is 0 Å². The van der Waals surface area contributed by atoms with Gasteiger partial charge in [0.05, 0.1) is 11.7 Å². The Hall–Kier alpha value is -1.31. The first kappa shape index (κ1) is 16.1. The van der Waals surface area contributed by atoms with E-state index >= 15 is 0 Å². The molecule has 2 saturated carbocycles. The van der Waals surface area contributed by atoms with E-state index in [4.69, 9.17) is 0 Å². The number of urea groups is 1. The second-order valence-corrected chi connectivity index (χ2v) is 8.37. The number of carboxylic acid groups (broad SMARTS) is 1. The normalized spacial score (nSPS) is 31.1. The van der Waals surface area contributed by atoms with Crippen LogP contribution in [-0.4, -0.2) is 50.1 Å². The lowest BCUT2D eigenvalue weighted by atomic mass is 9.84. The zero-order valence-electron chi connectivity index (χ0n) is 12.0. The molecule has 2 bridgehead atoms. The van der Waals surface area contributed by atoms with Crippen LogP contribution in [0.2, 0.25) is 0 Å². The number of fused-ring (bicyclic) bond motifs is 2. The van der Waals surface area contributed by atoms with Crippen LogP contribution < -0.4 is 10.6 Å². The molecule has 0 heterocycles. The van der Waals surface area contributed by atoms with Gasteiger partial charge in [-0.2, -0.15) is 0 Å². The van der Waals surface area contributed by atoms with E-state index < -0.39 is 27.8 Å². The molecule has 0 aromatic heterocycles. The smallest absolute Gasteiger partial charge is 0.315 e.